The first-order valence-corrected chi connectivity index (χ1v) is 15.8. The molecular weight excluding hydrogens is 560 g/mol. The third-order valence-electron chi connectivity index (χ3n) is 8.17. The quantitative estimate of drug-likeness (QED) is 0.101. The second kappa shape index (κ2) is 15.7. The number of phenols is 1. The van der Waals surface area contributed by atoms with Crippen LogP contribution in [-0.4, -0.2) is 46.4 Å². The second-order valence-corrected chi connectivity index (χ2v) is 11.5. The molecule has 7 nitrogen and oxygen atoms in total. The summed E-state index contributed by atoms with van der Waals surface area (Å²) in [4.78, 5) is 31.7. The number of nitrogens with zero attached hydrogens (tertiary/aromatic N) is 1. The number of aryl methyl sites for hydroxylation is 1. The summed E-state index contributed by atoms with van der Waals surface area (Å²) in [5.74, 6) is 0.239. The average Bonchev–Trinajstić information content (AvgIpc) is 3.49. The Hall–Kier alpha value is -4.88. The number of nitrogens with one attached hydrogen (secondary N) is 2. The summed E-state index contributed by atoms with van der Waals surface area (Å²) in [5, 5.41) is 13.9. The molecule has 4 aromatic carbocycles. The molecule has 0 atom stereocenters. The molecule has 0 aliphatic rings. The summed E-state index contributed by atoms with van der Waals surface area (Å²) in [5.41, 5.74) is 12.4. The predicted octanol–water partition coefficient (Wildman–Crippen LogP) is 6.60. The number of amides is 2. The SMILES string of the molecule is NCCCCCNC(=O)c1cccc(-c2cccc(CN(CCc3ccc(O)cc3)C(=O)CCc3c[nH]c4ccccc34)c2)c1. The fourth-order valence-electron chi connectivity index (χ4n) is 5.62. The van der Waals surface area contributed by atoms with Crippen molar-refractivity contribution in [1.82, 2.24) is 15.2 Å². The van der Waals surface area contributed by atoms with Crippen LogP contribution in [-0.2, 0) is 24.2 Å². The number of carbonyl (C=O) groups is 2. The highest BCUT2D eigenvalue weighted by atomic mass is 16.3. The first-order valence-electron chi connectivity index (χ1n) is 15.8. The van der Waals surface area contributed by atoms with E-state index in [0.29, 0.717) is 51.0 Å². The van der Waals surface area contributed by atoms with Crippen LogP contribution in [0.2, 0.25) is 0 Å². The highest BCUT2D eigenvalue weighted by molar-refractivity contribution is 5.95. The number of rotatable bonds is 15. The molecule has 0 radical (unpaired) electrons. The van der Waals surface area contributed by atoms with Crippen molar-refractivity contribution in [2.45, 2.75) is 45.1 Å². The van der Waals surface area contributed by atoms with Crippen LogP contribution in [0.15, 0.2) is 103 Å². The molecule has 7 heteroatoms. The van der Waals surface area contributed by atoms with Crippen LogP contribution >= 0.6 is 0 Å². The standard InChI is InChI=1S/C38H42N4O3/c39-21-4-1-5-22-40-38(45)32-11-7-10-31(25-32)30-9-6-8-29(24-30)27-42(23-20-28-14-17-34(43)18-15-28)37(44)19-16-33-26-41-36-13-3-2-12-35(33)36/h2-3,6-15,17-18,24-26,41,43H,1,4-5,16,19-23,27,39H2,(H,40,45). The van der Waals surface area contributed by atoms with Gasteiger partial charge < -0.3 is 26.0 Å². The molecule has 0 unspecified atom stereocenters. The van der Waals surface area contributed by atoms with Gasteiger partial charge in [-0.25, -0.2) is 0 Å². The van der Waals surface area contributed by atoms with Gasteiger partial charge in [-0.2, -0.15) is 0 Å². The molecule has 0 aliphatic heterocycles. The maximum atomic E-state index is 13.7. The normalized spacial score (nSPS) is 11.0. The molecular formula is C38H42N4O3. The van der Waals surface area contributed by atoms with Gasteiger partial charge in [0.25, 0.3) is 5.91 Å². The average molecular weight is 603 g/mol. The molecule has 232 valence electrons. The highest BCUT2D eigenvalue weighted by Crippen LogP contribution is 2.24. The molecule has 0 saturated heterocycles. The number of benzene rings is 4. The molecule has 0 spiro atoms. The van der Waals surface area contributed by atoms with Gasteiger partial charge in [0.1, 0.15) is 5.75 Å². The lowest BCUT2D eigenvalue weighted by molar-refractivity contribution is -0.131. The van der Waals surface area contributed by atoms with Crippen molar-refractivity contribution in [2.24, 2.45) is 5.73 Å². The van der Waals surface area contributed by atoms with E-state index in [1.54, 1.807) is 12.1 Å². The van der Waals surface area contributed by atoms with Gasteiger partial charge in [-0.15, -0.1) is 0 Å². The minimum Gasteiger partial charge on any atom is -0.508 e. The van der Waals surface area contributed by atoms with E-state index in [9.17, 15) is 14.7 Å². The van der Waals surface area contributed by atoms with Crippen LogP contribution in [0, 0.1) is 0 Å². The van der Waals surface area contributed by atoms with Gasteiger partial charge in [0, 0.05) is 48.7 Å². The zero-order valence-corrected chi connectivity index (χ0v) is 25.7. The third kappa shape index (κ3) is 8.83. The molecule has 0 fully saturated rings. The van der Waals surface area contributed by atoms with Crippen LogP contribution in [0.4, 0.5) is 0 Å². The number of unbranched alkanes of at least 4 members (excludes halogenated alkanes) is 2. The lowest BCUT2D eigenvalue weighted by atomic mass is 10.0. The van der Waals surface area contributed by atoms with Gasteiger partial charge in [-0.1, -0.05) is 67.1 Å². The molecule has 1 heterocycles. The Morgan fingerprint density at radius 1 is 0.800 bits per heavy atom. The maximum Gasteiger partial charge on any atom is 0.251 e. The summed E-state index contributed by atoms with van der Waals surface area (Å²) in [6.45, 7) is 2.33. The first kappa shape index (κ1) is 31.5. The van der Waals surface area contributed by atoms with E-state index in [1.807, 2.05) is 83.9 Å². The van der Waals surface area contributed by atoms with Gasteiger partial charge in [0.2, 0.25) is 5.91 Å². The fraction of sp³-hybridized carbons (Fsp3) is 0.263. The first-order chi connectivity index (χ1) is 22.0. The number of nitrogens with two attached hydrogens (primary N) is 1. The van der Waals surface area contributed by atoms with Gasteiger partial charge in [-0.05, 0) is 96.4 Å². The lowest BCUT2D eigenvalue weighted by Crippen LogP contribution is -2.32. The van der Waals surface area contributed by atoms with Crippen molar-refractivity contribution in [3.63, 3.8) is 0 Å². The van der Waals surface area contributed by atoms with E-state index in [1.165, 1.54) is 0 Å². The summed E-state index contributed by atoms with van der Waals surface area (Å²) in [7, 11) is 0. The molecule has 5 rings (SSSR count). The summed E-state index contributed by atoms with van der Waals surface area (Å²) in [6, 6.07) is 31.2. The Labute approximate surface area is 265 Å². The Morgan fingerprint density at radius 3 is 2.40 bits per heavy atom. The molecule has 0 aliphatic carbocycles. The van der Waals surface area contributed by atoms with E-state index >= 15 is 0 Å². The minimum absolute atomic E-state index is 0.0815. The topological polar surface area (TPSA) is 111 Å². The van der Waals surface area contributed by atoms with E-state index in [2.05, 4.69) is 22.4 Å². The fourth-order valence-corrected chi connectivity index (χ4v) is 5.62. The largest absolute Gasteiger partial charge is 0.508 e. The number of para-hydroxylation sites is 1. The van der Waals surface area contributed by atoms with Crippen molar-refractivity contribution in [1.29, 1.82) is 0 Å². The monoisotopic (exact) mass is 602 g/mol. The van der Waals surface area contributed by atoms with Crippen LogP contribution in [0.1, 0.15) is 52.7 Å². The zero-order chi connectivity index (χ0) is 31.4. The number of hydrogen-bond donors (Lipinski definition) is 4. The Kier molecular flexibility index (Phi) is 11.0. The van der Waals surface area contributed by atoms with Crippen molar-refractivity contribution in [3.8, 4) is 16.9 Å². The number of aromatic amines is 1. The highest BCUT2D eigenvalue weighted by Gasteiger charge is 2.16. The number of H-pyrrole nitrogens is 1. The van der Waals surface area contributed by atoms with Crippen molar-refractivity contribution in [3.05, 3.63) is 126 Å². The minimum atomic E-state index is -0.0815. The number of fused-ring (bicyclic) bond motifs is 1. The number of aromatic hydroxyl groups is 1. The van der Waals surface area contributed by atoms with E-state index < -0.39 is 0 Å². The molecule has 5 aromatic rings. The van der Waals surface area contributed by atoms with Crippen LogP contribution in [0.5, 0.6) is 5.75 Å². The Balaban J connectivity index is 1.29. The summed E-state index contributed by atoms with van der Waals surface area (Å²) < 4.78 is 0. The molecule has 45 heavy (non-hydrogen) atoms. The van der Waals surface area contributed by atoms with Crippen LogP contribution in [0.25, 0.3) is 22.0 Å². The molecule has 2 amide bonds. The summed E-state index contributed by atoms with van der Waals surface area (Å²) >= 11 is 0. The van der Waals surface area contributed by atoms with E-state index in [-0.39, 0.29) is 17.6 Å². The van der Waals surface area contributed by atoms with Gasteiger partial charge in [-0.3, -0.25) is 9.59 Å². The van der Waals surface area contributed by atoms with Gasteiger partial charge >= 0.3 is 0 Å². The molecule has 1 aromatic heterocycles. The van der Waals surface area contributed by atoms with Gasteiger partial charge in [0.15, 0.2) is 0 Å². The third-order valence-corrected chi connectivity index (χ3v) is 8.17. The van der Waals surface area contributed by atoms with Crippen molar-refractivity contribution in [2.75, 3.05) is 19.6 Å². The van der Waals surface area contributed by atoms with E-state index in [0.717, 1.165) is 58.0 Å². The van der Waals surface area contributed by atoms with E-state index in [4.69, 9.17) is 5.73 Å². The molecule has 0 bridgehead atoms. The lowest BCUT2D eigenvalue weighted by Gasteiger charge is -2.23. The number of phenolic OH excluding ortho intramolecular Hbond substituents is 1. The summed E-state index contributed by atoms with van der Waals surface area (Å²) in [6.07, 6.45) is 6.61. The van der Waals surface area contributed by atoms with Gasteiger partial charge in [0.05, 0.1) is 0 Å². The van der Waals surface area contributed by atoms with Crippen molar-refractivity contribution >= 4 is 22.7 Å². The Bertz CT molecular complexity index is 1710. The zero-order valence-electron chi connectivity index (χ0n) is 25.7. The predicted molar refractivity (Wildman–Crippen MR) is 181 cm³/mol. The molecule has 0 saturated carbocycles. The Morgan fingerprint density at radius 2 is 1.58 bits per heavy atom. The number of aromatic nitrogens is 1. The van der Waals surface area contributed by atoms with Crippen LogP contribution in [0.3, 0.4) is 0 Å². The second-order valence-electron chi connectivity index (χ2n) is 11.5. The molecule has 5 N–H and O–H groups in total. The van der Waals surface area contributed by atoms with Crippen LogP contribution < -0.4 is 11.1 Å². The van der Waals surface area contributed by atoms with Crippen molar-refractivity contribution < 1.29 is 14.7 Å². The smallest absolute Gasteiger partial charge is 0.251 e. The number of carbonyl (C=O) groups excluding carboxylic acids is 2. The number of hydrogen-bond acceptors (Lipinski definition) is 4. The maximum absolute atomic E-state index is 13.7.